The highest BCUT2D eigenvalue weighted by atomic mass is 16.3. The molecular formula is C16H27NO. The zero-order chi connectivity index (χ0) is 13.6. The summed E-state index contributed by atoms with van der Waals surface area (Å²) in [6.45, 7) is 9.92. The topological polar surface area (TPSA) is 32.3 Å². The molecule has 102 valence electrons. The molecular weight excluding hydrogens is 222 g/mol. The minimum Gasteiger partial charge on any atom is -0.508 e. The van der Waals surface area contributed by atoms with Crippen LogP contribution in [0.3, 0.4) is 0 Å². The van der Waals surface area contributed by atoms with Crippen LogP contribution in [-0.4, -0.2) is 17.7 Å². The molecule has 1 aromatic carbocycles. The average Bonchev–Trinajstić information content (AvgIpc) is 2.34. The Morgan fingerprint density at radius 1 is 1.22 bits per heavy atom. The van der Waals surface area contributed by atoms with Crippen molar-refractivity contribution in [2.75, 3.05) is 6.54 Å². The van der Waals surface area contributed by atoms with E-state index in [0.717, 1.165) is 25.8 Å². The van der Waals surface area contributed by atoms with Crippen molar-refractivity contribution in [2.45, 2.75) is 53.0 Å². The standard InChI is InChI=1S/C16H27NO/c1-5-16(6-2,12-17-13(3)4)11-14-8-7-9-15(18)10-14/h7-10,13,17-18H,5-6,11-12H2,1-4H3. The van der Waals surface area contributed by atoms with Gasteiger partial charge in [0.25, 0.3) is 0 Å². The predicted octanol–water partition coefficient (Wildman–Crippen LogP) is 3.74. The summed E-state index contributed by atoms with van der Waals surface area (Å²) in [5, 5.41) is 13.1. The maximum absolute atomic E-state index is 9.56. The normalized spacial score (nSPS) is 12.1. The van der Waals surface area contributed by atoms with Gasteiger partial charge in [-0.1, -0.05) is 39.8 Å². The summed E-state index contributed by atoms with van der Waals surface area (Å²) in [5.41, 5.74) is 1.52. The van der Waals surface area contributed by atoms with Gasteiger partial charge in [-0.25, -0.2) is 0 Å². The second kappa shape index (κ2) is 6.79. The molecule has 0 aromatic heterocycles. The quantitative estimate of drug-likeness (QED) is 0.771. The molecule has 0 amide bonds. The minimum absolute atomic E-state index is 0.290. The van der Waals surface area contributed by atoms with Crippen LogP contribution in [-0.2, 0) is 6.42 Å². The fourth-order valence-corrected chi connectivity index (χ4v) is 2.33. The van der Waals surface area contributed by atoms with E-state index in [1.54, 1.807) is 6.07 Å². The highest BCUT2D eigenvalue weighted by Crippen LogP contribution is 2.31. The van der Waals surface area contributed by atoms with Crippen LogP contribution in [0.1, 0.15) is 46.1 Å². The Morgan fingerprint density at radius 3 is 2.39 bits per heavy atom. The fraction of sp³-hybridized carbons (Fsp3) is 0.625. The number of rotatable bonds is 7. The van der Waals surface area contributed by atoms with Gasteiger partial charge < -0.3 is 10.4 Å². The molecule has 0 radical (unpaired) electrons. The molecule has 2 N–H and O–H groups in total. The van der Waals surface area contributed by atoms with E-state index in [4.69, 9.17) is 0 Å². The van der Waals surface area contributed by atoms with Gasteiger partial charge in [-0.05, 0) is 42.4 Å². The highest BCUT2D eigenvalue weighted by Gasteiger charge is 2.26. The van der Waals surface area contributed by atoms with Crippen LogP contribution in [0.2, 0.25) is 0 Å². The molecule has 0 heterocycles. The zero-order valence-electron chi connectivity index (χ0n) is 12.2. The van der Waals surface area contributed by atoms with Crippen molar-refractivity contribution in [1.29, 1.82) is 0 Å². The van der Waals surface area contributed by atoms with E-state index in [9.17, 15) is 5.11 Å². The molecule has 1 rings (SSSR count). The number of phenolic OH excluding ortho intramolecular Hbond substituents is 1. The lowest BCUT2D eigenvalue weighted by Gasteiger charge is -2.33. The highest BCUT2D eigenvalue weighted by molar-refractivity contribution is 5.28. The van der Waals surface area contributed by atoms with Gasteiger partial charge in [0, 0.05) is 12.6 Å². The molecule has 0 aliphatic carbocycles. The first kappa shape index (κ1) is 15.0. The lowest BCUT2D eigenvalue weighted by Crippen LogP contribution is -2.38. The predicted molar refractivity (Wildman–Crippen MR) is 78.0 cm³/mol. The van der Waals surface area contributed by atoms with Crippen LogP contribution in [0.15, 0.2) is 24.3 Å². The Hall–Kier alpha value is -1.02. The van der Waals surface area contributed by atoms with Crippen molar-refractivity contribution in [3.63, 3.8) is 0 Å². The molecule has 0 unspecified atom stereocenters. The summed E-state index contributed by atoms with van der Waals surface area (Å²) < 4.78 is 0. The van der Waals surface area contributed by atoms with Crippen LogP contribution in [0.4, 0.5) is 0 Å². The summed E-state index contributed by atoms with van der Waals surface area (Å²) >= 11 is 0. The number of hydrogen-bond donors (Lipinski definition) is 2. The van der Waals surface area contributed by atoms with E-state index in [1.165, 1.54) is 5.56 Å². The van der Waals surface area contributed by atoms with Crippen LogP contribution >= 0.6 is 0 Å². The first-order valence-corrected chi connectivity index (χ1v) is 7.02. The van der Waals surface area contributed by atoms with Gasteiger partial charge in [-0.15, -0.1) is 0 Å². The van der Waals surface area contributed by atoms with Gasteiger partial charge in [0.05, 0.1) is 0 Å². The van der Waals surface area contributed by atoms with Crippen molar-refractivity contribution in [3.05, 3.63) is 29.8 Å². The second-order valence-corrected chi connectivity index (χ2v) is 5.59. The Kier molecular flexibility index (Phi) is 5.67. The van der Waals surface area contributed by atoms with Gasteiger partial charge in [0.1, 0.15) is 5.75 Å². The number of aromatic hydroxyl groups is 1. The summed E-state index contributed by atoms with van der Waals surface area (Å²) in [7, 11) is 0. The Balaban J connectivity index is 2.78. The molecule has 18 heavy (non-hydrogen) atoms. The van der Waals surface area contributed by atoms with E-state index in [0.29, 0.717) is 11.8 Å². The number of phenols is 1. The van der Waals surface area contributed by atoms with Crippen molar-refractivity contribution in [3.8, 4) is 5.75 Å². The SMILES string of the molecule is CCC(CC)(CNC(C)C)Cc1cccc(O)c1. The molecule has 0 aliphatic heterocycles. The fourth-order valence-electron chi connectivity index (χ4n) is 2.33. The summed E-state index contributed by atoms with van der Waals surface area (Å²) in [6, 6.07) is 8.17. The third kappa shape index (κ3) is 4.34. The van der Waals surface area contributed by atoms with Crippen LogP contribution in [0.25, 0.3) is 0 Å². The van der Waals surface area contributed by atoms with E-state index in [-0.39, 0.29) is 5.41 Å². The lowest BCUT2D eigenvalue weighted by atomic mass is 9.76. The molecule has 0 aliphatic rings. The first-order chi connectivity index (χ1) is 8.51. The van der Waals surface area contributed by atoms with Gasteiger partial charge in [-0.3, -0.25) is 0 Å². The molecule has 1 aromatic rings. The molecule has 0 saturated carbocycles. The number of nitrogens with one attached hydrogen (secondary N) is 1. The third-order valence-electron chi connectivity index (χ3n) is 3.87. The van der Waals surface area contributed by atoms with E-state index >= 15 is 0 Å². The molecule has 0 fully saturated rings. The summed E-state index contributed by atoms with van der Waals surface area (Å²) in [6.07, 6.45) is 3.33. The van der Waals surface area contributed by atoms with Gasteiger partial charge >= 0.3 is 0 Å². The number of hydrogen-bond acceptors (Lipinski definition) is 2. The maximum Gasteiger partial charge on any atom is 0.115 e. The van der Waals surface area contributed by atoms with E-state index in [2.05, 4.69) is 39.1 Å². The summed E-state index contributed by atoms with van der Waals surface area (Å²) in [5.74, 6) is 0.366. The smallest absolute Gasteiger partial charge is 0.115 e. The molecule has 2 nitrogen and oxygen atoms in total. The Labute approximate surface area is 111 Å². The monoisotopic (exact) mass is 249 g/mol. The van der Waals surface area contributed by atoms with Crippen molar-refractivity contribution < 1.29 is 5.11 Å². The average molecular weight is 249 g/mol. The van der Waals surface area contributed by atoms with Crippen molar-refractivity contribution >= 4 is 0 Å². The molecule has 0 bridgehead atoms. The lowest BCUT2D eigenvalue weighted by molar-refractivity contribution is 0.239. The van der Waals surface area contributed by atoms with Crippen LogP contribution < -0.4 is 5.32 Å². The molecule has 2 heteroatoms. The van der Waals surface area contributed by atoms with E-state index in [1.807, 2.05) is 12.1 Å². The van der Waals surface area contributed by atoms with Crippen LogP contribution in [0.5, 0.6) is 5.75 Å². The maximum atomic E-state index is 9.56. The third-order valence-corrected chi connectivity index (χ3v) is 3.87. The summed E-state index contributed by atoms with van der Waals surface area (Å²) in [4.78, 5) is 0. The minimum atomic E-state index is 0.290. The van der Waals surface area contributed by atoms with Gasteiger partial charge in [-0.2, -0.15) is 0 Å². The molecule has 0 spiro atoms. The molecule has 0 saturated heterocycles. The largest absolute Gasteiger partial charge is 0.508 e. The number of benzene rings is 1. The first-order valence-electron chi connectivity index (χ1n) is 7.02. The van der Waals surface area contributed by atoms with Gasteiger partial charge in [0.2, 0.25) is 0 Å². The van der Waals surface area contributed by atoms with Crippen molar-refractivity contribution in [2.24, 2.45) is 5.41 Å². The molecule has 0 atom stereocenters. The Morgan fingerprint density at radius 2 is 1.89 bits per heavy atom. The second-order valence-electron chi connectivity index (χ2n) is 5.59. The Bertz CT molecular complexity index is 356. The van der Waals surface area contributed by atoms with E-state index < -0.39 is 0 Å². The van der Waals surface area contributed by atoms with Crippen LogP contribution in [0, 0.1) is 5.41 Å². The van der Waals surface area contributed by atoms with Crippen molar-refractivity contribution in [1.82, 2.24) is 5.32 Å². The van der Waals surface area contributed by atoms with Gasteiger partial charge in [0.15, 0.2) is 0 Å². The zero-order valence-corrected chi connectivity index (χ0v) is 12.2.